The number of phosphoric acid groups is 1. The molecule has 0 saturated carbocycles. The van der Waals surface area contributed by atoms with Crippen molar-refractivity contribution in [2.75, 3.05) is 33.0 Å². The lowest BCUT2D eigenvalue weighted by molar-refractivity contribution is -0.154. The topological polar surface area (TPSA) is 117 Å². The van der Waals surface area contributed by atoms with Gasteiger partial charge in [0.15, 0.2) is 0 Å². The van der Waals surface area contributed by atoms with Gasteiger partial charge >= 0.3 is 13.8 Å². The maximum atomic E-state index is 12.2. The van der Waals surface area contributed by atoms with Gasteiger partial charge in [-0.05, 0) is 44.9 Å². The normalized spacial score (nSPS) is 14.8. The average molecular weight is 544 g/mol. The molecule has 0 aromatic heterocycles. The molecule has 0 spiro atoms. The summed E-state index contributed by atoms with van der Waals surface area (Å²) in [6.45, 7) is 4.47. The number of phosphoric ester groups is 1. The highest BCUT2D eigenvalue weighted by Gasteiger charge is 2.25. The zero-order chi connectivity index (χ0) is 27.5. The molecule has 2 atom stereocenters. The van der Waals surface area contributed by atoms with Crippen LogP contribution in [-0.2, 0) is 27.9 Å². The van der Waals surface area contributed by atoms with E-state index in [-0.39, 0.29) is 32.3 Å². The van der Waals surface area contributed by atoms with Crippen LogP contribution in [-0.4, -0.2) is 49.9 Å². The Bertz CT molecular complexity index is 707. The molecule has 9 heteroatoms. The lowest BCUT2D eigenvalue weighted by Gasteiger charge is -2.20. The van der Waals surface area contributed by atoms with Crippen LogP contribution >= 0.6 is 7.82 Å². The van der Waals surface area contributed by atoms with Crippen molar-refractivity contribution in [1.29, 1.82) is 0 Å². The highest BCUT2D eigenvalue weighted by atomic mass is 31.2. The highest BCUT2D eigenvalue weighted by Crippen LogP contribution is 2.43. The van der Waals surface area contributed by atoms with Crippen LogP contribution < -0.4 is 5.73 Å². The first-order valence-electron chi connectivity index (χ1n) is 13.6. The van der Waals surface area contributed by atoms with E-state index in [1.54, 1.807) is 0 Å². The third-order valence-electron chi connectivity index (χ3n) is 5.01. The summed E-state index contributed by atoms with van der Waals surface area (Å²) in [5.74, 6) is -0.372. The van der Waals surface area contributed by atoms with Crippen molar-refractivity contribution in [3.63, 3.8) is 0 Å². The predicted molar refractivity (Wildman–Crippen MR) is 150 cm³/mol. The average Bonchev–Trinajstić information content (AvgIpc) is 2.88. The van der Waals surface area contributed by atoms with Crippen LogP contribution in [0.4, 0.5) is 0 Å². The number of rotatable bonds is 25. The second-order valence-corrected chi connectivity index (χ2v) is 9.98. The minimum atomic E-state index is -4.26. The molecule has 0 aromatic carbocycles. The largest absolute Gasteiger partial charge is 0.472 e. The van der Waals surface area contributed by atoms with Gasteiger partial charge < -0.3 is 20.1 Å². The van der Waals surface area contributed by atoms with Gasteiger partial charge in [-0.15, -0.1) is 0 Å². The molecule has 3 N–H and O–H groups in total. The Kier molecular flexibility index (Phi) is 25.0. The van der Waals surface area contributed by atoms with Crippen LogP contribution in [0.25, 0.3) is 0 Å². The van der Waals surface area contributed by atoms with Crippen LogP contribution in [0.2, 0.25) is 0 Å². The van der Waals surface area contributed by atoms with E-state index in [4.69, 9.17) is 24.3 Å². The van der Waals surface area contributed by atoms with Crippen LogP contribution in [0, 0.1) is 0 Å². The van der Waals surface area contributed by atoms with Gasteiger partial charge in [0.25, 0.3) is 0 Å². The van der Waals surface area contributed by atoms with Crippen molar-refractivity contribution in [2.24, 2.45) is 5.73 Å². The van der Waals surface area contributed by atoms with Crippen molar-refractivity contribution in [3.8, 4) is 0 Å². The number of carbonyl (C=O) groups is 1. The molecule has 0 radical (unpaired) electrons. The zero-order valence-electron chi connectivity index (χ0n) is 22.9. The van der Waals surface area contributed by atoms with Gasteiger partial charge in [0, 0.05) is 19.6 Å². The summed E-state index contributed by atoms with van der Waals surface area (Å²) >= 11 is 0. The van der Waals surface area contributed by atoms with Crippen molar-refractivity contribution in [2.45, 2.75) is 90.6 Å². The second-order valence-electron chi connectivity index (χ2n) is 8.53. The Morgan fingerprint density at radius 3 is 2.11 bits per heavy atom. The minimum absolute atomic E-state index is 0.0752. The predicted octanol–water partition coefficient (Wildman–Crippen LogP) is 6.56. The molecule has 37 heavy (non-hydrogen) atoms. The van der Waals surface area contributed by atoms with Gasteiger partial charge in [-0.25, -0.2) is 4.57 Å². The summed E-state index contributed by atoms with van der Waals surface area (Å²) in [7, 11) is -4.26. The summed E-state index contributed by atoms with van der Waals surface area (Å²) < 4.78 is 32.6. The summed E-state index contributed by atoms with van der Waals surface area (Å²) in [6, 6.07) is 0. The first kappa shape index (κ1) is 35.5. The van der Waals surface area contributed by atoms with Crippen LogP contribution in [0.5, 0.6) is 0 Å². The first-order valence-corrected chi connectivity index (χ1v) is 15.1. The minimum Gasteiger partial charge on any atom is -0.457 e. The maximum Gasteiger partial charge on any atom is 0.472 e. The first-order chi connectivity index (χ1) is 17.9. The number of esters is 1. The number of nitrogens with two attached hydrogens (primary N) is 1. The van der Waals surface area contributed by atoms with Gasteiger partial charge in [-0.2, -0.15) is 0 Å². The van der Waals surface area contributed by atoms with Crippen molar-refractivity contribution < 1.29 is 32.8 Å². The third kappa shape index (κ3) is 25.9. The van der Waals surface area contributed by atoms with E-state index in [0.29, 0.717) is 13.0 Å². The fourth-order valence-electron chi connectivity index (χ4n) is 3.06. The molecule has 0 heterocycles. The van der Waals surface area contributed by atoms with E-state index < -0.39 is 13.9 Å². The molecule has 0 rings (SSSR count). The van der Waals surface area contributed by atoms with E-state index in [1.165, 1.54) is 0 Å². The lowest BCUT2D eigenvalue weighted by Crippen LogP contribution is -2.28. The number of ether oxygens (including phenoxy) is 2. The monoisotopic (exact) mass is 543 g/mol. The summed E-state index contributed by atoms with van der Waals surface area (Å²) in [5, 5.41) is 0. The van der Waals surface area contributed by atoms with Gasteiger partial charge in [-0.3, -0.25) is 13.8 Å². The fourth-order valence-corrected chi connectivity index (χ4v) is 3.82. The van der Waals surface area contributed by atoms with E-state index >= 15 is 0 Å². The third-order valence-corrected chi connectivity index (χ3v) is 5.99. The quantitative estimate of drug-likeness (QED) is 0.0575. The molecule has 0 saturated heterocycles. The fraction of sp³-hybridized carbons (Fsp3) is 0.679. The highest BCUT2D eigenvalue weighted by molar-refractivity contribution is 7.47. The Labute approximate surface area is 224 Å². The summed E-state index contributed by atoms with van der Waals surface area (Å²) in [4.78, 5) is 21.8. The van der Waals surface area contributed by atoms with Crippen molar-refractivity contribution in [3.05, 3.63) is 48.6 Å². The molecular weight excluding hydrogens is 493 g/mol. The molecule has 0 bridgehead atoms. The number of allylic oxidation sites excluding steroid dienone is 8. The molecule has 0 amide bonds. The lowest BCUT2D eigenvalue weighted by atomic mass is 10.1. The standard InChI is InChI=1S/C28H50NO7P/c1-3-5-7-9-10-11-12-13-14-15-16-17-18-20-23-33-25-27(26-35-37(31,32)34-24-22-29)36-28(30)21-19-8-6-4-2/h5,7,10-11,13-14,16-17,27H,3-4,6,8-9,12,15,18-26,29H2,1-2H3,(H,31,32)/b7-5-,11-10-,14-13-,17-16-. The molecule has 0 aliphatic heterocycles. The molecule has 2 unspecified atom stereocenters. The maximum absolute atomic E-state index is 12.2. The molecule has 0 aromatic rings. The van der Waals surface area contributed by atoms with Crippen LogP contribution in [0.15, 0.2) is 48.6 Å². The Hall–Kier alpha value is -1.54. The number of unbranched alkanes of at least 4 members (excludes halogenated alkanes) is 4. The number of hydrogen-bond acceptors (Lipinski definition) is 7. The molecule has 0 aliphatic rings. The molecular formula is C28H50NO7P. The Morgan fingerprint density at radius 1 is 0.838 bits per heavy atom. The van der Waals surface area contributed by atoms with Gasteiger partial charge in [0.2, 0.25) is 0 Å². The molecule has 0 aliphatic carbocycles. The molecule has 8 nitrogen and oxygen atoms in total. The smallest absolute Gasteiger partial charge is 0.457 e. The van der Waals surface area contributed by atoms with Gasteiger partial charge in [-0.1, -0.05) is 81.7 Å². The van der Waals surface area contributed by atoms with E-state index in [2.05, 4.69) is 62.5 Å². The van der Waals surface area contributed by atoms with E-state index in [9.17, 15) is 14.3 Å². The molecule has 0 fully saturated rings. The SMILES string of the molecule is CC/C=C\C/C=C\C/C=C\C/C=C\CCCOCC(COP(=O)(O)OCCN)OC(=O)CCCCCC. The molecule has 214 valence electrons. The Morgan fingerprint density at radius 2 is 1.49 bits per heavy atom. The van der Waals surface area contributed by atoms with Crippen molar-refractivity contribution in [1.82, 2.24) is 0 Å². The summed E-state index contributed by atoms with van der Waals surface area (Å²) in [6.07, 6.45) is 26.2. The van der Waals surface area contributed by atoms with Gasteiger partial charge in [0.1, 0.15) is 6.10 Å². The Balaban J connectivity index is 4.23. The number of carbonyl (C=O) groups excluding carboxylic acids is 1. The van der Waals surface area contributed by atoms with Crippen molar-refractivity contribution >= 4 is 13.8 Å². The second kappa shape index (κ2) is 26.1. The van der Waals surface area contributed by atoms with E-state index in [0.717, 1.165) is 64.2 Å². The van der Waals surface area contributed by atoms with Crippen LogP contribution in [0.1, 0.15) is 84.5 Å². The zero-order valence-corrected chi connectivity index (χ0v) is 23.8. The van der Waals surface area contributed by atoms with Gasteiger partial charge in [0.05, 0.1) is 19.8 Å². The number of hydrogen-bond donors (Lipinski definition) is 2. The van der Waals surface area contributed by atoms with E-state index in [1.807, 2.05) is 0 Å². The summed E-state index contributed by atoms with van der Waals surface area (Å²) in [5.41, 5.74) is 5.29. The van der Waals surface area contributed by atoms with Crippen LogP contribution in [0.3, 0.4) is 0 Å².